The van der Waals surface area contributed by atoms with Gasteiger partial charge in [-0.25, -0.2) is 19.8 Å². The maximum Gasteiger partial charge on any atom is 0.201 e. The van der Waals surface area contributed by atoms with Crippen LogP contribution in [0, 0.1) is 17.9 Å². The van der Waals surface area contributed by atoms with Gasteiger partial charge in [0.05, 0.1) is 34.7 Å². The highest BCUT2D eigenvalue weighted by Crippen LogP contribution is 2.63. The molecule has 0 bridgehead atoms. The van der Waals surface area contributed by atoms with Gasteiger partial charge in [-0.05, 0) is 47.0 Å². The zero-order valence-corrected chi connectivity index (χ0v) is 32.4. The molecule has 8 aromatic carbocycles. The van der Waals surface area contributed by atoms with E-state index in [0.717, 1.165) is 72.2 Å². The van der Waals surface area contributed by atoms with Crippen LogP contribution in [-0.2, 0) is 5.41 Å². The predicted molar refractivity (Wildman–Crippen MR) is 239 cm³/mol. The Morgan fingerprint density at radius 2 is 1.11 bits per heavy atom. The van der Waals surface area contributed by atoms with Crippen LogP contribution < -0.4 is 4.74 Å². The summed E-state index contributed by atoms with van der Waals surface area (Å²) in [6, 6.07) is 63.8. The van der Waals surface area contributed by atoms with Gasteiger partial charge in [-0.15, -0.1) is 0 Å². The molecule has 7 nitrogen and oxygen atoms in total. The predicted octanol–water partition coefficient (Wildman–Crippen LogP) is 12.9. The van der Waals surface area contributed by atoms with E-state index in [1.165, 1.54) is 5.56 Å². The number of hydrogen-bond donors (Lipinski definition) is 0. The standard InChI is InChI=1S/C54H30N6O/c1-56-44-31-36(30-35(32-55)48(44)53-58-51(33-16-4-2-5-17-33)57-52(59-53)34-18-6-3-7-19-34)60-45-25-13-9-20-37(45)38-28-29-43-49(50(38)60)39-21-8-10-22-40(39)54(43)41-23-11-14-26-46(41)61-47-27-15-12-24-42(47)54/h2-31H. The highest BCUT2D eigenvalue weighted by molar-refractivity contribution is 6.16. The van der Waals surface area contributed by atoms with Gasteiger partial charge in [0.25, 0.3) is 0 Å². The third-order valence-corrected chi connectivity index (χ3v) is 12.2. The van der Waals surface area contributed by atoms with Crippen molar-refractivity contribution in [2.45, 2.75) is 5.41 Å². The molecule has 1 aliphatic carbocycles. The fourth-order valence-corrected chi connectivity index (χ4v) is 9.73. The van der Waals surface area contributed by atoms with Crippen LogP contribution in [0.3, 0.4) is 0 Å². The minimum absolute atomic E-state index is 0.262. The zero-order valence-electron chi connectivity index (χ0n) is 32.4. The Bertz CT molecular complexity index is 3400. The molecule has 61 heavy (non-hydrogen) atoms. The van der Waals surface area contributed by atoms with Gasteiger partial charge in [0.15, 0.2) is 17.5 Å². The Kier molecular flexibility index (Phi) is 7.44. The lowest BCUT2D eigenvalue weighted by molar-refractivity contribution is 0.436. The summed E-state index contributed by atoms with van der Waals surface area (Å²) < 4.78 is 8.84. The summed E-state index contributed by atoms with van der Waals surface area (Å²) >= 11 is 0. The molecule has 0 saturated heterocycles. The fourth-order valence-electron chi connectivity index (χ4n) is 9.73. The molecular weight excluding hydrogens is 749 g/mol. The summed E-state index contributed by atoms with van der Waals surface area (Å²) in [5.74, 6) is 2.82. The van der Waals surface area contributed by atoms with E-state index in [4.69, 9.17) is 26.3 Å². The summed E-state index contributed by atoms with van der Waals surface area (Å²) in [5, 5.41) is 13.1. The van der Waals surface area contributed by atoms with Crippen molar-refractivity contribution < 1.29 is 4.74 Å². The summed E-state index contributed by atoms with van der Waals surface area (Å²) in [5.41, 5.74) is 11.2. The molecule has 0 N–H and O–H groups in total. The van der Waals surface area contributed by atoms with E-state index >= 15 is 0 Å². The number of hydrogen-bond acceptors (Lipinski definition) is 5. The van der Waals surface area contributed by atoms with Gasteiger partial charge >= 0.3 is 0 Å². The van der Waals surface area contributed by atoms with E-state index in [2.05, 4.69) is 106 Å². The first-order chi connectivity index (χ1) is 30.2. The maximum absolute atomic E-state index is 11.0. The van der Waals surface area contributed by atoms with Crippen LogP contribution >= 0.6 is 0 Å². The molecule has 3 heterocycles. The monoisotopic (exact) mass is 778 g/mol. The minimum atomic E-state index is -0.665. The molecule has 0 saturated carbocycles. The third kappa shape index (κ3) is 4.86. The summed E-state index contributed by atoms with van der Waals surface area (Å²) in [4.78, 5) is 18.8. The largest absolute Gasteiger partial charge is 0.457 e. The average Bonchev–Trinajstić information content (AvgIpc) is 3.82. The van der Waals surface area contributed by atoms with Crippen molar-refractivity contribution in [1.82, 2.24) is 19.5 Å². The van der Waals surface area contributed by atoms with Gasteiger partial charge < -0.3 is 9.30 Å². The second kappa shape index (κ2) is 13.2. The van der Waals surface area contributed by atoms with E-state index in [-0.39, 0.29) is 17.1 Å². The molecule has 0 radical (unpaired) electrons. The second-order valence-corrected chi connectivity index (χ2v) is 15.3. The Hall–Kier alpha value is -8.65. The number of nitrogens with zero attached hydrogens (tertiary/aromatic N) is 6. The van der Waals surface area contributed by atoms with Gasteiger partial charge in [0.2, 0.25) is 5.69 Å². The van der Waals surface area contributed by atoms with Gasteiger partial charge in [-0.1, -0.05) is 152 Å². The molecular formula is C54H30N6O. The highest BCUT2D eigenvalue weighted by atomic mass is 16.5. The number of rotatable bonds is 4. The molecule has 0 amide bonds. The van der Waals surface area contributed by atoms with E-state index in [0.29, 0.717) is 22.9 Å². The Morgan fingerprint density at radius 1 is 0.541 bits per heavy atom. The number of para-hydroxylation sites is 3. The van der Waals surface area contributed by atoms with Crippen LogP contribution in [0.4, 0.5) is 5.69 Å². The molecule has 0 fully saturated rings. The van der Waals surface area contributed by atoms with Crippen LogP contribution in [0.1, 0.15) is 27.8 Å². The first-order valence-corrected chi connectivity index (χ1v) is 20.0. The molecule has 1 aliphatic heterocycles. The molecule has 12 rings (SSSR count). The van der Waals surface area contributed by atoms with Crippen molar-refractivity contribution >= 4 is 27.5 Å². The lowest BCUT2D eigenvalue weighted by Gasteiger charge is -2.39. The number of benzene rings is 8. The summed E-state index contributed by atoms with van der Waals surface area (Å²) in [7, 11) is 0. The van der Waals surface area contributed by atoms with E-state index < -0.39 is 5.41 Å². The zero-order chi connectivity index (χ0) is 40.7. The normalized spacial score (nSPS) is 12.8. The van der Waals surface area contributed by atoms with Crippen molar-refractivity contribution in [3.8, 4) is 68.5 Å². The number of fused-ring (bicyclic) bond motifs is 13. The van der Waals surface area contributed by atoms with E-state index in [1.807, 2.05) is 91.0 Å². The molecule has 0 unspecified atom stereocenters. The van der Waals surface area contributed by atoms with Crippen LogP contribution in [0.2, 0.25) is 0 Å². The quantitative estimate of drug-likeness (QED) is 0.166. The summed E-state index contributed by atoms with van der Waals surface area (Å²) in [6.45, 7) is 8.60. The Labute approximate surface area is 350 Å². The first kappa shape index (κ1) is 34.4. The third-order valence-electron chi connectivity index (χ3n) is 12.2. The van der Waals surface area contributed by atoms with Gasteiger partial charge in [0, 0.05) is 49.8 Å². The topological polar surface area (TPSA) is 81.0 Å². The lowest BCUT2D eigenvalue weighted by Crippen LogP contribution is -2.32. The van der Waals surface area contributed by atoms with Crippen molar-refractivity contribution in [2.75, 3.05) is 0 Å². The van der Waals surface area contributed by atoms with Gasteiger partial charge in [-0.3, -0.25) is 0 Å². The molecule has 1 spiro atoms. The number of aromatic nitrogens is 4. The summed E-state index contributed by atoms with van der Waals surface area (Å²) in [6.07, 6.45) is 0. The van der Waals surface area contributed by atoms with Crippen molar-refractivity contribution in [3.63, 3.8) is 0 Å². The number of nitriles is 1. The van der Waals surface area contributed by atoms with Crippen LogP contribution in [-0.4, -0.2) is 19.5 Å². The smallest absolute Gasteiger partial charge is 0.201 e. The Balaban J connectivity index is 1.16. The van der Waals surface area contributed by atoms with Crippen molar-refractivity contribution in [3.05, 3.63) is 221 Å². The molecule has 2 aliphatic rings. The van der Waals surface area contributed by atoms with Crippen molar-refractivity contribution in [1.29, 1.82) is 5.26 Å². The number of ether oxygens (including phenoxy) is 1. The van der Waals surface area contributed by atoms with Crippen molar-refractivity contribution in [2.24, 2.45) is 0 Å². The maximum atomic E-state index is 11.0. The second-order valence-electron chi connectivity index (χ2n) is 15.3. The lowest BCUT2D eigenvalue weighted by atomic mass is 9.66. The molecule has 2 aromatic heterocycles. The minimum Gasteiger partial charge on any atom is -0.457 e. The van der Waals surface area contributed by atoms with Crippen LogP contribution in [0.25, 0.3) is 77.6 Å². The first-order valence-electron chi connectivity index (χ1n) is 20.0. The average molecular weight is 779 g/mol. The van der Waals surface area contributed by atoms with Gasteiger partial charge in [-0.2, -0.15) is 5.26 Å². The van der Waals surface area contributed by atoms with Crippen LogP contribution in [0.15, 0.2) is 182 Å². The van der Waals surface area contributed by atoms with Gasteiger partial charge in [0.1, 0.15) is 11.5 Å². The van der Waals surface area contributed by atoms with E-state index in [1.54, 1.807) is 0 Å². The molecule has 0 atom stereocenters. The van der Waals surface area contributed by atoms with E-state index in [9.17, 15) is 5.26 Å². The molecule has 7 heteroatoms. The fraction of sp³-hybridized carbons (Fsp3) is 0.0185. The van der Waals surface area contributed by atoms with Crippen LogP contribution in [0.5, 0.6) is 11.5 Å². The highest BCUT2D eigenvalue weighted by Gasteiger charge is 2.51. The Morgan fingerprint density at radius 3 is 1.77 bits per heavy atom. The SMILES string of the molecule is [C-]#[N+]c1cc(-n2c3ccccc3c3ccc4c(c32)-c2ccccc2C42c3ccccc3Oc3ccccc32)cc(C#N)c1-c1nc(-c2ccccc2)nc(-c2ccccc2)n1. The molecule has 10 aromatic rings. The molecule has 282 valence electrons.